The Bertz CT molecular complexity index is 1040. The van der Waals surface area contributed by atoms with E-state index in [1.807, 2.05) is 20.8 Å². The molecule has 3 aliphatic carbocycles. The van der Waals surface area contributed by atoms with Gasteiger partial charge in [0, 0.05) is 0 Å². The van der Waals surface area contributed by atoms with E-state index in [0.29, 0.717) is 13.0 Å². The number of hydrogen-bond acceptors (Lipinski definition) is 11. The van der Waals surface area contributed by atoms with Crippen LogP contribution in [-0.2, 0) is 19.0 Å². The zero-order chi connectivity index (χ0) is 33.2. The molecule has 11 heteroatoms. The van der Waals surface area contributed by atoms with Crippen LogP contribution in [0, 0.1) is 58.2 Å². The van der Waals surface area contributed by atoms with Gasteiger partial charge in [0.05, 0.1) is 43.5 Å². The van der Waals surface area contributed by atoms with Gasteiger partial charge < -0.3 is 50.0 Å². The molecule has 45 heavy (non-hydrogen) atoms. The number of hydrogen-bond donors (Lipinski definition) is 7. The largest absolute Gasteiger partial charge is 0.465 e. The van der Waals surface area contributed by atoms with Crippen LogP contribution >= 0.6 is 0 Å². The van der Waals surface area contributed by atoms with Crippen molar-refractivity contribution in [1.82, 2.24) is 0 Å². The first-order chi connectivity index (χ1) is 21.1. The van der Waals surface area contributed by atoms with E-state index in [-0.39, 0.29) is 59.2 Å². The fourth-order valence-electron chi connectivity index (χ4n) is 10.5. The Kier molecular flexibility index (Phi) is 10.4. The van der Waals surface area contributed by atoms with Crippen molar-refractivity contribution in [2.75, 3.05) is 13.2 Å². The molecule has 11 nitrogen and oxygen atoms in total. The van der Waals surface area contributed by atoms with E-state index in [4.69, 9.17) is 14.2 Å². The summed E-state index contributed by atoms with van der Waals surface area (Å²) in [5.74, 6) is -0.316. The smallest absolute Gasteiger partial charge is 0.309 e. The number of rotatable bonds is 8. The lowest BCUT2D eigenvalue weighted by atomic mass is 9.48. The van der Waals surface area contributed by atoms with Gasteiger partial charge in [0.15, 0.2) is 6.29 Å². The lowest BCUT2D eigenvalue weighted by Gasteiger charge is -2.56. The van der Waals surface area contributed by atoms with Gasteiger partial charge in [-0.3, -0.25) is 4.79 Å². The van der Waals surface area contributed by atoms with E-state index < -0.39 is 73.1 Å². The summed E-state index contributed by atoms with van der Waals surface area (Å²) < 4.78 is 18.1. The van der Waals surface area contributed by atoms with Crippen molar-refractivity contribution in [1.29, 1.82) is 0 Å². The number of carbonyl (C=O) groups is 1. The van der Waals surface area contributed by atoms with Gasteiger partial charge in [-0.25, -0.2) is 0 Å². The Morgan fingerprint density at radius 3 is 2.22 bits per heavy atom. The number of esters is 1. The molecule has 3 saturated carbocycles. The van der Waals surface area contributed by atoms with E-state index in [9.17, 15) is 40.5 Å². The molecule has 2 saturated heterocycles. The molecule has 5 rings (SSSR count). The van der Waals surface area contributed by atoms with Crippen LogP contribution < -0.4 is 0 Å². The number of aliphatic hydroxyl groups excluding tert-OH is 7. The SMILES string of the molecule is CC(C)[C@H](C)[C@@H](O)[C@H](O[C@@H]1O[C@H](CO)[C@@H](O)[C@H](O)[C@H]1O)[C@@H](C)[C@H]1CC[C@H]2[C@@H]3COC(=O)[C@H]4C[C@H](O)[C@H](O)C[C@]4(C)[C@H]3CC[C@]12C. The molecule has 0 spiro atoms. The standard InChI is InChI=1S/C34H58O11/c1-15(2)16(3)26(38)30(45-32-29(41)28(40)27(39)25(13-35)44-32)17(4)19-7-8-20-18-14-43-31(42)22-11-23(36)24(37)12-34(22,6)21(18)9-10-33(19,20)5/h15-30,32,35-41H,7-14H2,1-6H3/t16-,17-,18-,19+,20-,21-,22+,23-,24+,25+,26+,27+,28-,29+,30+,32-,33+,34+/m0/s1. The van der Waals surface area contributed by atoms with Gasteiger partial charge in [0.1, 0.15) is 24.4 Å². The number of fused-ring (bicyclic) bond motifs is 5. The van der Waals surface area contributed by atoms with Gasteiger partial charge in [-0.05, 0) is 90.8 Å². The topological polar surface area (TPSA) is 186 Å². The summed E-state index contributed by atoms with van der Waals surface area (Å²) in [6.07, 6.45) is -6.49. The van der Waals surface area contributed by atoms with Crippen LogP contribution in [-0.4, -0.2) is 110 Å². The van der Waals surface area contributed by atoms with E-state index in [1.54, 1.807) is 0 Å². The molecule has 0 aromatic heterocycles. The lowest BCUT2D eigenvalue weighted by Crippen LogP contribution is -2.61. The highest BCUT2D eigenvalue weighted by Crippen LogP contribution is 2.66. The first-order valence-corrected chi connectivity index (χ1v) is 17.2. The maximum Gasteiger partial charge on any atom is 0.309 e. The van der Waals surface area contributed by atoms with E-state index in [0.717, 1.165) is 25.7 Å². The van der Waals surface area contributed by atoms with Crippen LogP contribution in [0.4, 0.5) is 0 Å². The fraction of sp³-hybridized carbons (Fsp3) is 0.971. The molecule has 0 aromatic rings. The Balaban J connectivity index is 1.42. The molecular formula is C34H58O11. The van der Waals surface area contributed by atoms with Gasteiger partial charge in [-0.1, -0.05) is 41.5 Å². The number of cyclic esters (lactones) is 1. The van der Waals surface area contributed by atoms with Crippen molar-refractivity contribution in [2.45, 2.75) is 135 Å². The maximum atomic E-state index is 13.2. The van der Waals surface area contributed by atoms with Crippen LogP contribution in [0.15, 0.2) is 0 Å². The highest BCUT2D eigenvalue weighted by Gasteiger charge is 2.63. The zero-order valence-corrected chi connectivity index (χ0v) is 27.7. The van der Waals surface area contributed by atoms with E-state index in [1.165, 1.54) is 0 Å². The maximum absolute atomic E-state index is 13.2. The Hall–Kier alpha value is -0.890. The summed E-state index contributed by atoms with van der Waals surface area (Å²) in [6.45, 7) is 12.2. The van der Waals surface area contributed by atoms with Gasteiger partial charge >= 0.3 is 5.97 Å². The van der Waals surface area contributed by atoms with Crippen molar-refractivity contribution in [3.05, 3.63) is 0 Å². The predicted octanol–water partition coefficient (Wildman–Crippen LogP) is 1.21. The number of ether oxygens (including phenoxy) is 3. The Morgan fingerprint density at radius 2 is 1.58 bits per heavy atom. The molecule has 18 atom stereocenters. The van der Waals surface area contributed by atoms with Crippen molar-refractivity contribution in [3.63, 3.8) is 0 Å². The minimum absolute atomic E-state index is 0.103. The van der Waals surface area contributed by atoms with Crippen molar-refractivity contribution in [3.8, 4) is 0 Å². The van der Waals surface area contributed by atoms with Crippen LogP contribution in [0.2, 0.25) is 0 Å². The van der Waals surface area contributed by atoms with E-state index >= 15 is 0 Å². The molecule has 2 heterocycles. The molecule has 0 radical (unpaired) electrons. The average Bonchev–Trinajstić information content (AvgIpc) is 3.31. The Labute approximate surface area is 267 Å². The summed E-state index contributed by atoms with van der Waals surface area (Å²) in [5, 5.41) is 74.2. The second kappa shape index (κ2) is 13.2. The third kappa shape index (κ3) is 6.01. The quantitative estimate of drug-likeness (QED) is 0.189. The van der Waals surface area contributed by atoms with Crippen molar-refractivity contribution in [2.24, 2.45) is 58.2 Å². The first-order valence-electron chi connectivity index (χ1n) is 17.2. The molecular weight excluding hydrogens is 584 g/mol. The van der Waals surface area contributed by atoms with Crippen LogP contribution in [0.5, 0.6) is 0 Å². The summed E-state index contributed by atoms with van der Waals surface area (Å²) in [4.78, 5) is 13.2. The molecule has 0 bridgehead atoms. The highest BCUT2D eigenvalue weighted by molar-refractivity contribution is 5.74. The molecule has 0 aromatic carbocycles. The minimum atomic E-state index is -1.58. The number of carbonyl (C=O) groups excluding carboxylic acids is 1. The van der Waals surface area contributed by atoms with Gasteiger partial charge in [0.2, 0.25) is 0 Å². The van der Waals surface area contributed by atoms with Crippen molar-refractivity contribution >= 4 is 5.97 Å². The lowest BCUT2D eigenvalue weighted by molar-refractivity contribution is -0.325. The second-order valence-corrected chi connectivity index (χ2v) is 16.1. The zero-order valence-electron chi connectivity index (χ0n) is 27.7. The molecule has 2 aliphatic heterocycles. The van der Waals surface area contributed by atoms with Gasteiger partial charge in [0.25, 0.3) is 0 Å². The molecule has 0 unspecified atom stereocenters. The molecule has 5 aliphatic rings. The summed E-state index contributed by atoms with van der Waals surface area (Å²) in [7, 11) is 0. The minimum Gasteiger partial charge on any atom is -0.465 e. The van der Waals surface area contributed by atoms with Crippen LogP contribution in [0.3, 0.4) is 0 Å². The second-order valence-electron chi connectivity index (χ2n) is 16.1. The van der Waals surface area contributed by atoms with E-state index in [2.05, 4.69) is 20.8 Å². The fourth-order valence-corrected chi connectivity index (χ4v) is 10.5. The van der Waals surface area contributed by atoms with Crippen LogP contribution in [0.1, 0.15) is 80.1 Å². The van der Waals surface area contributed by atoms with Crippen LogP contribution in [0.25, 0.3) is 0 Å². The summed E-state index contributed by atoms with van der Waals surface area (Å²) in [5.41, 5.74) is -0.632. The molecule has 7 N–H and O–H groups in total. The highest BCUT2D eigenvalue weighted by atomic mass is 16.7. The monoisotopic (exact) mass is 642 g/mol. The third-order valence-corrected chi connectivity index (χ3v) is 13.6. The van der Waals surface area contributed by atoms with Gasteiger partial charge in [-0.2, -0.15) is 0 Å². The summed E-state index contributed by atoms with van der Waals surface area (Å²) >= 11 is 0. The van der Waals surface area contributed by atoms with Crippen molar-refractivity contribution < 1.29 is 54.8 Å². The average molecular weight is 643 g/mol. The Morgan fingerprint density at radius 1 is 0.911 bits per heavy atom. The predicted molar refractivity (Wildman–Crippen MR) is 162 cm³/mol. The third-order valence-electron chi connectivity index (χ3n) is 13.6. The molecule has 0 amide bonds. The van der Waals surface area contributed by atoms with Gasteiger partial charge in [-0.15, -0.1) is 0 Å². The normalized spacial score (nSPS) is 49.6. The first kappa shape index (κ1) is 35.4. The summed E-state index contributed by atoms with van der Waals surface area (Å²) in [6, 6.07) is 0. The molecule has 5 fully saturated rings. The molecule has 260 valence electrons. The number of aliphatic hydroxyl groups is 7.